The normalized spacial score (nSPS) is 17.8. The fraction of sp³-hybridized carbons (Fsp3) is 0.500. The van der Waals surface area contributed by atoms with E-state index in [0.29, 0.717) is 10.8 Å². The zero-order chi connectivity index (χ0) is 22.5. The lowest BCUT2D eigenvalue weighted by atomic mass is 9.85. The first-order valence-electron chi connectivity index (χ1n) is 9.50. The number of hydrogen-bond donors (Lipinski definition) is 1. The number of carbonyl (C=O) groups is 1. The van der Waals surface area contributed by atoms with Crippen molar-refractivity contribution in [2.45, 2.75) is 65.1 Å². The first-order valence-corrected chi connectivity index (χ1v) is 10.4. The number of nitrogens with zero attached hydrogens (tertiary/aromatic N) is 1. The summed E-state index contributed by atoms with van der Waals surface area (Å²) in [6.45, 7) is 13.3. The third kappa shape index (κ3) is 4.31. The topological polar surface area (TPSA) is 92.9 Å². The molecule has 3 rings (SSSR count). The molecule has 1 aliphatic heterocycles. The molecule has 2 aromatic rings. The Morgan fingerprint density at radius 3 is 2.27 bits per heavy atom. The highest BCUT2D eigenvalue weighted by molar-refractivity contribution is 7.12. The maximum absolute atomic E-state index is 15.0. The number of ether oxygens (including phenoxy) is 2. The van der Waals surface area contributed by atoms with Gasteiger partial charge in [-0.25, -0.2) is 14.2 Å². The molecule has 2 heterocycles. The van der Waals surface area contributed by atoms with E-state index in [-0.39, 0.29) is 17.1 Å². The van der Waals surface area contributed by atoms with E-state index >= 15 is 4.39 Å². The van der Waals surface area contributed by atoms with Crippen LogP contribution in [-0.2, 0) is 14.7 Å². The Labute approximate surface area is 179 Å². The van der Waals surface area contributed by atoms with Crippen LogP contribution >= 0.6 is 11.3 Å². The second-order valence-electron chi connectivity index (χ2n) is 9.15. The molecular weight excluding hydrogens is 410 g/mol. The summed E-state index contributed by atoms with van der Waals surface area (Å²) in [4.78, 5) is 15.5. The van der Waals surface area contributed by atoms with Crippen molar-refractivity contribution in [2.75, 3.05) is 0 Å². The van der Waals surface area contributed by atoms with Gasteiger partial charge < -0.3 is 24.5 Å². The van der Waals surface area contributed by atoms with Gasteiger partial charge in [-0.1, -0.05) is 32.1 Å². The van der Waals surface area contributed by atoms with E-state index in [4.69, 9.17) is 24.5 Å². The predicted molar refractivity (Wildman–Crippen MR) is 113 cm³/mol. The zero-order valence-electron chi connectivity index (χ0n) is 18.2. The van der Waals surface area contributed by atoms with Crippen LogP contribution in [0, 0.1) is 5.82 Å². The van der Waals surface area contributed by atoms with E-state index < -0.39 is 35.6 Å². The number of aromatic nitrogens is 1. The van der Waals surface area contributed by atoms with Crippen LogP contribution in [0.2, 0.25) is 0 Å². The molecule has 1 amide bonds. The van der Waals surface area contributed by atoms with Crippen molar-refractivity contribution >= 4 is 30.1 Å². The van der Waals surface area contributed by atoms with Gasteiger partial charge in [-0.3, -0.25) is 0 Å². The van der Waals surface area contributed by atoms with Gasteiger partial charge in [0, 0.05) is 10.9 Å². The summed E-state index contributed by atoms with van der Waals surface area (Å²) in [6, 6.07) is 2.82. The third-order valence-corrected chi connectivity index (χ3v) is 5.96. The molecule has 0 atom stereocenters. The number of amides is 1. The molecule has 1 fully saturated rings. The molecule has 1 aromatic carbocycles. The lowest BCUT2D eigenvalue weighted by Gasteiger charge is -2.32. The molecule has 0 bridgehead atoms. The van der Waals surface area contributed by atoms with Gasteiger partial charge in [0.25, 0.3) is 5.19 Å². The van der Waals surface area contributed by atoms with Gasteiger partial charge in [0.15, 0.2) is 11.6 Å². The minimum Gasteiger partial charge on any atom is -0.430 e. The fourth-order valence-electron chi connectivity index (χ4n) is 2.99. The van der Waals surface area contributed by atoms with E-state index in [1.807, 2.05) is 48.5 Å². The maximum atomic E-state index is 15.0. The lowest BCUT2D eigenvalue weighted by molar-refractivity contribution is 0.00578. The SMILES string of the molecule is CC(C)(C)c1c(Oc2nc(B3OC(C)(C)C(C)(C)O3)cs2)ccc(OC(N)=O)c1F. The first kappa shape index (κ1) is 22.5. The van der Waals surface area contributed by atoms with E-state index in [1.165, 1.54) is 23.5 Å². The molecule has 0 spiro atoms. The highest BCUT2D eigenvalue weighted by atomic mass is 32.1. The molecule has 1 aromatic heterocycles. The van der Waals surface area contributed by atoms with Crippen LogP contribution in [0.5, 0.6) is 16.7 Å². The molecule has 1 aliphatic rings. The second kappa shape index (κ2) is 7.51. The maximum Gasteiger partial charge on any atom is 0.515 e. The van der Waals surface area contributed by atoms with Crippen LogP contribution < -0.4 is 20.8 Å². The molecule has 0 saturated carbocycles. The summed E-state index contributed by atoms with van der Waals surface area (Å²) in [5, 5.41) is 2.10. The summed E-state index contributed by atoms with van der Waals surface area (Å²) in [6.07, 6.45) is -1.09. The van der Waals surface area contributed by atoms with Gasteiger partial charge in [-0.2, -0.15) is 0 Å². The minimum atomic E-state index is -1.09. The molecule has 162 valence electrons. The zero-order valence-corrected chi connectivity index (χ0v) is 19.0. The molecule has 10 heteroatoms. The van der Waals surface area contributed by atoms with Gasteiger partial charge in [-0.05, 0) is 45.2 Å². The van der Waals surface area contributed by atoms with Crippen molar-refractivity contribution < 1.29 is 28.0 Å². The number of nitrogens with two attached hydrogens (primary N) is 1. The number of benzene rings is 1. The van der Waals surface area contributed by atoms with Gasteiger partial charge in [0.2, 0.25) is 0 Å². The standard InChI is InChI=1S/C20H26BFN2O5S/c1-18(2,3)14-11(8-9-12(15(14)22)26-16(23)25)27-17-24-13(10-30-17)21-28-19(4,5)20(6,7)29-21/h8-10H,1-7H3,(H2,23,25). The Morgan fingerprint density at radius 2 is 1.73 bits per heavy atom. The summed E-state index contributed by atoms with van der Waals surface area (Å²) in [5.41, 5.74) is 4.24. The molecule has 0 unspecified atom stereocenters. The summed E-state index contributed by atoms with van der Waals surface area (Å²) in [5.74, 6) is -0.690. The van der Waals surface area contributed by atoms with Crippen LogP contribution in [0.4, 0.5) is 9.18 Å². The van der Waals surface area contributed by atoms with Crippen LogP contribution in [0.15, 0.2) is 17.5 Å². The highest BCUT2D eigenvalue weighted by Crippen LogP contribution is 2.40. The number of halogens is 1. The Bertz CT molecular complexity index is 955. The number of carbonyl (C=O) groups excluding carboxylic acids is 1. The Balaban J connectivity index is 1.89. The molecular formula is C20H26BFN2O5S. The summed E-state index contributed by atoms with van der Waals surface area (Å²) >= 11 is 1.25. The molecule has 30 heavy (non-hydrogen) atoms. The molecule has 0 aliphatic carbocycles. The highest BCUT2D eigenvalue weighted by Gasteiger charge is 2.52. The van der Waals surface area contributed by atoms with Crippen molar-refractivity contribution in [1.29, 1.82) is 0 Å². The quantitative estimate of drug-likeness (QED) is 0.725. The van der Waals surface area contributed by atoms with Crippen molar-refractivity contribution in [3.63, 3.8) is 0 Å². The Kier molecular flexibility index (Phi) is 5.64. The average Bonchev–Trinajstić information content (AvgIpc) is 3.11. The van der Waals surface area contributed by atoms with Crippen molar-refractivity contribution in [2.24, 2.45) is 5.73 Å². The predicted octanol–water partition coefficient (Wildman–Crippen LogP) is 4.13. The van der Waals surface area contributed by atoms with Crippen LogP contribution in [0.1, 0.15) is 54.0 Å². The van der Waals surface area contributed by atoms with E-state index in [1.54, 1.807) is 5.38 Å². The van der Waals surface area contributed by atoms with Gasteiger partial charge >= 0.3 is 13.2 Å². The van der Waals surface area contributed by atoms with Gasteiger partial charge in [0.1, 0.15) is 5.75 Å². The van der Waals surface area contributed by atoms with E-state index in [2.05, 4.69) is 4.98 Å². The molecule has 2 N–H and O–H groups in total. The van der Waals surface area contributed by atoms with E-state index in [9.17, 15) is 4.79 Å². The average molecular weight is 436 g/mol. The summed E-state index contributed by atoms with van der Waals surface area (Å²) < 4.78 is 37.7. The minimum absolute atomic E-state index is 0.244. The number of primary amides is 1. The number of thiazole rings is 1. The Morgan fingerprint density at radius 1 is 1.17 bits per heavy atom. The van der Waals surface area contributed by atoms with Crippen LogP contribution in [0.3, 0.4) is 0 Å². The number of hydrogen-bond acceptors (Lipinski definition) is 7. The molecule has 1 saturated heterocycles. The van der Waals surface area contributed by atoms with Crippen molar-refractivity contribution in [3.8, 4) is 16.7 Å². The number of rotatable bonds is 4. The fourth-order valence-corrected chi connectivity index (χ4v) is 3.67. The largest absolute Gasteiger partial charge is 0.515 e. The van der Waals surface area contributed by atoms with Gasteiger partial charge in [-0.15, -0.1) is 0 Å². The lowest BCUT2D eigenvalue weighted by Crippen LogP contribution is -2.41. The smallest absolute Gasteiger partial charge is 0.430 e. The van der Waals surface area contributed by atoms with Crippen LogP contribution in [0.25, 0.3) is 0 Å². The Hall–Kier alpha value is -2.17. The van der Waals surface area contributed by atoms with Gasteiger partial charge in [0.05, 0.1) is 16.8 Å². The molecule has 0 radical (unpaired) electrons. The monoisotopic (exact) mass is 436 g/mol. The van der Waals surface area contributed by atoms with Crippen LogP contribution in [-0.4, -0.2) is 29.4 Å². The molecule has 7 nitrogen and oxygen atoms in total. The third-order valence-electron chi connectivity index (χ3n) is 5.22. The van der Waals surface area contributed by atoms with Crippen molar-refractivity contribution in [3.05, 3.63) is 28.9 Å². The second-order valence-corrected chi connectivity index (χ2v) is 9.97. The van der Waals surface area contributed by atoms with Crippen molar-refractivity contribution in [1.82, 2.24) is 4.98 Å². The first-order chi connectivity index (χ1) is 13.7. The summed E-state index contributed by atoms with van der Waals surface area (Å²) in [7, 11) is -0.617. The van der Waals surface area contributed by atoms with E-state index in [0.717, 1.165) is 0 Å².